The van der Waals surface area contributed by atoms with E-state index in [0.717, 1.165) is 24.5 Å². The molecule has 130 valence electrons. The fraction of sp³-hybridized carbons (Fsp3) is 0.350. The van der Waals surface area contributed by atoms with Gasteiger partial charge < -0.3 is 0 Å². The average Bonchev–Trinajstić information content (AvgIpc) is 3.43. The quantitative estimate of drug-likeness (QED) is 0.736. The number of halogens is 3. The molecule has 0 heterocycles. The van der Waals surface area contributed by atoms with Gasteiger partial charge in [0.2, 0.25) is 0 Å². The second-order valence-electron chi connectivity index (χ2n) is 6.51. The van der Waals surface area contributed by atoms with E-state index in [1.165, 1.54) is 12.1 Å². The fourth-order valence-electron chi connectivity index (χ4n) is 3.10. The number of hydrogen-bond donors (Lipinski definition) is 0. The molecular weight excluding hydrogens is 325 g/mol. The monoisotopic (exact) mass is 344 g/mol. The molecule has 0 radical (unpaired) electrons. The summed E-state index contributed by atoms with van der Waals surface area (Å²) in [4.78, 5) is 2.23. The van der Waals surface area contributed by atoms with Gasteiger partial charge in [0.15, 0.2) is 0 Å². The second kappa shape index (κ2) is 6.89. The highest BCUT2D eigenvalue weighted by atomic mass is 19.4. The third-order valence-corrected chi connectivity index (χ3v) is 4.63. The van der Waals surface area contributed by atoms with Crippen molar-refractivity contribution >= 4 is 0 Å². The molecule has 2 nitrogen and oxygen atoms in total. The van der Waals surface area contributed by atoms with Crippen LogP contribution >= 0.6 is 0 Å². The zero-order valence-electron chi connectivity index (χ0n) is 13.9. The van der Waals surface area contributed by atoms with E-state index in [9.17, 15) is 13.2 Å². The van der Waals surface area contributed by atoms with Gasteiger partial charge in [-0.3, -0.25) is 4.90 Å². The lowest BCUT2D eigenvalue weighted by atomic mass is 10.0. The summed E-state index contributed by atoms with van der Waals surface area (Å²) in [5, 5.41) is 9.04. The van der Waals surface area contributed by atoms with Crippen LogP contribution in [-0.4, -0.2) is 10.9 Å². The van der Waals surface area contributed by atoms with Gasteiger partial charge in [0.25, 0.3) is 0 Å². The van der Waals surface area contributed by atoms with Crippen LogP contribution in [0.4, 0.5) is 13.2 Å². The second-order valence-corrected chi connectivity index (χ2v) is 6.51. The molecule has 0 aromatic heterocycles. The van der Waals surface area contributed by atoms with Gasteiger partial charge in [0, 0.05) is 18.6 Å². The summed E-state index contributed by atoms with van der Waals surface area (Å²) in [5.41, 5.74) is 1.65. The molecule has 1 aliphatic carbocycles. The summed E-state index contributed by atoms with van der Waals surface area (Å²) < 4.78 is 39.0. The molecule has 2 aromatic carbocycles. The number of rotatable bonds is 5. The zero-order valence-corrected chi connectivity index (χ0v) is 13.9. The lowest BCUT2D eigenvalue weighted by molar-refractivity contribution is -0.137. The summed E-state index contributed by atoms with van der Waals surface area (Å²) in [7, 11) is 0. The maximum Gasteiger partial charge on any atom is 0.416 e. The van der Waals surface area contributed by atoms with Crippen molar-refractivity contribution in [3.8, 4) is 6.07 Å². The SMILES string of the molecule is C[C@H](c1cccc(C(F)(F)F)c1)N(Cc1cccc(C#N)c1)C1CC1. The van der Waals surface area contributed by atoms with Crippen molar-refractivity contribution in [2.24, 2.45) is 0 Å². The van der Waals surface area contributed by atoms with Gasteiger partial charge in [-0.15, -0.1) is 0 Å². The minimum Gasteiger partial charge on any atom is -0.289 e. The van der Waals surface area contributed by atoms with Gasteiger partial charge in [-0.05, 0) is 55.2 Å². The van der Waals surface area contributed by atoms with Crippen LogP contribution in [0.15, 0.2) is 48.5 Å². The van der Waals surface area contributed by atoms with Crippen LogP contribution in [0.2, 0.25) is 0 Å². The largest absolute Gasteiger partial charge is 0.416 e. The van der Waals surface area contributed by atoms with Crippen molar-refractivity contribution in [3.05, 3.63) is 70.8 Å². The summed E-state index contributed by atoms with van der Waals surface area (Å²) in [6.45, 7) is 2.57. The maximum atomic E-state index is 13.0. The van der Waals surface area contributed by atoms with Crippen LogP contribution in [0.25, 0.3) is 0 Å². The zero-order chi connectivity index (χ0) is 18.0. The van der Waals surface area contributed by atoms with E-state index in [2.05, 4.69) is 11.0 Å². The molecule has 1 saturated carbocycles. The molecule has 25 heavy (non-hydrogen) atoms. The van der Waals surface area contributed by atoms with E-state index in [4.69, 9.17) is 5.26 Å². The summed E-state index contributed by atoms with van der Waals surface area (Å²) >= 11 is 0. The van der Waals surface area contributed by atoms with Gasteiger partial charge in [0.1, 0.15) is 0 Å². The normalized spacial score (nSPS) is 15.8. The average molecular weight is 344 g/mol. The smallest absolute Gasteiger partial charge is 0.289 e. The van der Waals surface area contributed by atoms with Crippen molar-refractivity contribution in [1.29, 1.82) is 5.26 Å². The predicted molar refractivity (Wildman–Crippen MR) is 89.6 cm³/mol. The van der Waals surface area contributed by atoms with E-state index < -0.39 is 11.7 Å². The number of nitrogens with zero attached hydrogens (tertiary/aromatic N) is 2. The van der Waals surface area contributed by atoms with Crippen LogP contribution in [-0.2, 0) is 12.7 Å². The molecule has 0 aliphatic heterocycles. The van der Waals surface area contributed by atoms with Crippen molar-refractivity contribution in [1.82, 2.24) is 4.90 Å². The Bertz CT molecular complexity index is 788. The molecule has 1 aliphatic rings. The third-order valence-electron chi connectivity index (χ3n) is 4.63. The third kappa shape index (κ3) is 4.21. The Hall–Kier alpha value is -2.32. The molecule has 2 aromatic rings. The fourth-order valence-corrected chi connectivity index (χ4v) is 3.10. The van der Waals surface area contributed by atoms with Crippen LogP contribution in [0, 0.1) is 11.3 Å². The molecule has 0 unspecified atom stereocenters. The van der Waals surface area contributed by atoms with Crippen molar-refractivity contribution in [2.75, 3.05) is 0 Å². The highest BCUT2D eigenvalue weighted by Gasteiger charge is 2.34. The van der Waals surface area contributed by atoms with E-state index in [1.54, 1.807) is 12.1 Å². The number of nitriles is 1. The first-order valence-corrected chi connectivity index (χ1v) is 8.30. The number of benzene rings is 2. The van der Waals surface area contributed by atoms with Gasteiger partial charge in [-0.2, -0.15) is 18.4 Å². The first kappa shape index (κ1) is 17.5. The standard InChI is InChI=1S/C20H19F3N2/c1-14(17-6-3-7-18(11-17)20(21,22)23)25(19-8-9-19)13-16-5-2-4-15(10-16)12-24/h2-7,10-11,14,19H,8-9,13H2,1H3/t14-/m1/s1. The summed E-state index contributed by atoms with van der Waals surface area (Å²) in [6.07, 6.45) is -2.22. The maximum absolute atomic E-state index is 13.0. The van der Waals surface area contributed by atoms with Crippen molar-refractivity contribution < 1.29 is 13.2 Å². The first-order chi connectivity index (χ1) is 11.9. The Labute approximate surface area is 145 Å². The van der Waals surface area contributed by atoms with E-state index in [1.807, 2.05) is 25.1 Å². The molecule has 5 heteroatoms. The lowest BCUT2D eigenvalue weighted by Gasteiger charge is -2.30. The topological polar surface area (TPSA) is 27.0 Å². The Balaban J connectivity index is 1.84. The highest BCUT2D eigenvalue weighted by molar-refractivity contribution is 5.33. The molecule has 0 bridgehead atoms. The molecular formula is C20H19F3N2. The van der Waals surface area contributed by atoms with E-state index >= 15 is 0 Å². The van der Waals surface area contributed by atoms with Crippen LogP contribution in [0.3, 0.4) is 0 Å². The molecule has 0 spiro atoms. The molecule has 0 saturated heterocycles. The first-order valence-electron chi connectivity index (χ1n) is 8.30. The predicted octanol–water partition coefficient (Wildman–Crippen LogP) is 5.30. The van der Waals surface area contributed by atoms with Crippen LogP contribution < -0.4 is 0 Å². The van der Waals surface area contributed by atoms with Crippen LogP contribution in [0.5, 0.6) is 0 Å². The van der Waals surface area contributed by atoms with Gasteiger partial charge in [-0.25, -0.2) is 0 Å². The summed E-state index contributed by atoms with van der Waals surface area (Å²) in [6, 6.07) is 15.3. The van der Waals surface area contributed by atoms with Crippen molar-refractivity contribution in [2.45, 2.75) is 44.6 Å². The lowest BCUT2D eigenvalue weighted by Crippen LogP contribution is -2.29. The van der Waals surface area contributed by atoms with Crippen molar-refractivity contribution in [3.63, 3.8) is 0 Å². The van der Waals surface area contributed by atoms with Gasteiger partial charge in [-0.1, -0.05) is 24.3 Å². The summed E-state index contributed by atoms with van der Waals surface area (Å²) in [5.74, 6) is 0. The Morgan fingerprint density at radius 1 is 1.16 bits per heavy atom. The molecule has 1 atom stereocenters. The Morgan fingerprint density at radius 2 is 1.88 bits per heavy atom. The number of hydrogen-bond acceptors (Lipinski definition) is 2. The molecule has 3 rings (SSSR count). The minimum absolute atomic E-state index is 0.124. The highest BCUT2D eigenvalue weighted by Crippen LogP contribution is 2.37. The van der Waals surface area contributed by atoms with E-state index in [-0.39, 0.29) is 6.04 Å². The molecule has 0 N–H and O–H groups in total. The van der Waals surface area contributed by atoms with Gasteiger partial charge >= 0.3 is 6.18 Å². The Kier molecular flexibility index (Phi) is 4.82. The molecule has 0 amide bonds. The molecule has 1 fully saturated rings. The minimum atomic E-state index is -4.33. The van der Waals surface area contributed by atoms with E-state index in [0.29, 0.717) is 23.7 Å². The van der Waals surface area contributed by atoms with Crippen LogP contribution in [0.1, 0.15) is 48.1 Å². The number of alkyl halides is 3. The Morgan fingerprint density at radius 3 is 2.52 bits per heavy atom. The van der Waals surface area contributed by atoms with Gasteiger partial charge in [0.05, 0.1) is 17.2 Å².